The maximum absolute atomic E-state index is 9.55. The van der Waals surface area contributed by atoms with Gasteiger partial charge in [0.25, 0.3) is 0 Å². The number of carboxylic acid groups (broad SMARTS) is 2. The van der Waals surface area contributed by atoms with Gasteiger partial charge in [-0.3, -0.25) is 9.30 Å². The summed E-state index contributed by atoms with van der Waals surface area (Å²) in [6, 6.07) is 10.4. The number of aliphatic carboxylic acids is 2. The monoisotopic (exact) mass is 428 g/mol. The lowest BCUT2D eigenvalue weighted by Crippen LogP contribution is -2.43. The first-order valence-electron chi connectivity index (χ1n) is 9.48. The third-order valence-electron chi connectivity index (χ3n) is 4.62. The highest BCUT2D eigenvalue weighted by Gasteiger charge is 2.15. The minimum Gasteiger partial charge on any atom is -0.478 e. The number of hydrogen-bond acceptors (Lipinski definition) is 6. The smallest absolute Gasteiger partial charge is 0.328 e. The first-order chi connectivity index (χ1) is 14.4. The maximum atomic E-state index is 9.55. The number of carboxylic acids is 2. The van der Waals surface area contributed by atoms with Gasteiger partial charge in [0.15, 0.2) is 4.96 Å². The minimum atomic E-state index is -1.26. The number of nitrogens with zero attached hydrogens (tertiary/aromatic N) is 4. The molecule has 1 fully saturated rings. The van der Waals surface area contributed by atoms with Crippen molar-refractivity contribution < 1.29 is 19.8 Å². The normalized spacial score (nSPS) is 15.2. The summed E-state index contributed by atoms with van der Waals surface area (Å²) in [6.07, 6.45) is 5.48. The number of thiazole rings is 1. The van der Waals surface area contributed by atoms with Crippen molar-refractivity contribution >= 4 is 28.2 Å². The lowest BCUT2D eigenvalue weighted by molar-refractivity contribution is -0.134. The van der Waals surface area contributed by atoms with Gasteiger partial charge in [0.1, 0.15) is 0 Å². The lowest BCUT2D eigenvalue weighted by Gasteiger charge is -2.31. The summed E-state index contributed by atoms with van der Waals surface area (Å²) in [4.78, 5) is 31.3. The van der Waals surface area contributed by atoms with E-state index in [9.17, 15) is 9.59 Å². The summed E-state index contributed by atoms with van der Waals surface area (Å²) in [5.41, 5.74) is 2.23. The molecule has 0 saturated carbocycles. The summed E-state index contributed by atoms with van der Waals surface area (Å²) in [7, 11) is 2.20. The molecule has 1 aromatic carbocycles. The van der Waals surface area contributed by atoms with E-state index >= 15 is 0 Å². The number of aromatic nitrogens is 2. The van der Waals surface area contributed by atoms with Crippen molar-refractivity contribution in [2.75, 3.05) is 33.2 Å². The third kappa shape index (κ3) is 6.24. The van der Waals surface area contributed by atoms with Crippen LogP contribution in [0.4, 0.5) is 0 Å². The first kappa shape index (κ1) is 21.7. The van der Waals surface area contributed by atoms with Gasteiger partial charge in [0, 0.05) is 67.7 Å². The summed E-state index contributed by atoms with van der Waals surface area (Å²) in [6.45, 7) is 5.70. The van der Waals surface area contributed by atoms with Crippen molar-refractivity contribution in [2.45, 2.75) is 6.54 Å². The standard InChI is InChI=1S/C17H20N4S.C4H4O4/c1-19-7-9-20(10-8-19)11-15-12-21-13-16(18-17(21)22-15)14-5-3-2-4-6-14;5-3(6)1-2-4(7)8/h2-6,12-13H,7-11H2,1H3;1-2H,(H,5,6)(H,7,8)/b;2-1-. The van der Waals surface area contributed by atoms with E-state index in [1.807, 2.05) is 6.07 Å². The Morgan fingerprint density at radius 2 is 1.67 bits per heavy atom. The molecule has 1 aliphatic rings. The Bertz CT molecular complexity index is 973. The fraction of sp³-hybridized carbons (Fsp3) is 0.286. The van der Waals surface area contributed by atoms with Gasteiger partial charge in [-0.2, -0.15) is 0 Å². The van der Waals surface area contributed by atoms with E-state index in [-0.39, 0.29) is 0 Å². The van der Waals surface area contributed by atoms with Crippen LogP contribution in [0, 0.1) is 0 Å². The van der Waals surface area contributed by atoms with Crippen LogP contribution in [0.15, 0.2) is 54.9 Å². The molecule has 0 bridgehead atoms. The average molecular weight is 429 g/mol. The van der Waals surface area contributed by atoms with Crippen LogP contribution in [0.3, 0.4) is 0 Å². The second kappa shape index (κ2) is 10.1. The molecule has 0 spiro atoms. The molecule has 3 aromatic rings. The molecule has 2 aromatic heterocycles. The molecule has 0 aliphatic carbocycles. The highest BCUT2D eigenvalue weighted by Crippen LogP contribution is 2.24. The maximum Gasteiger partial charge on any atom is 0.328 e. The minimum absolute atomic E-state index is 0.558. The molecule has 1 saturated heterocycles. The third-order valence-corrected chi connectivity index (χ3v) is 5.60. The van der Waals surface area contributed by atoms with Crippen LogP contribution in [0.2, 0.25) is 0 Å². The molecule has 0 atom stereocenters. The molecule has 158 valence electrons. The van der Waals surface area contributed by atoms with Crippen molar-refractivity contribution in [3.63, 3.8) is 0 Å². The molecule has 0 radical (unpaired) electrons. The van der Waals surface area contributed by atoms with Crippen LogP contribution < -0.4 is 0 Å². The second-order valence-electron chi connectivity index (χ2n) is 6.97. The number of piperazine rings is 1. The van der Waals surface area contributed by atoms with Crippen LogP contribution in [0.5, 0.6) is 0 Å². The second-order valence-corrected chi connectivity index (χ2v) is 8.06. The van der Waals surface area contributed by atoms with E-state index in [4.69, 9.17) is 15.2 Å². The van der Waals surface area contributed by atoms with Crippen LogP contribution in [0.25, 0.3) is 16.2 Å². The van der Waals surface area contributed by atoms with E-state index in [2.05, 4.69) is 57.9 Å². The molecule has 8 nitrogen and oxygen atoms in total. The number of fused-ring (bicyclic) bond motifs is 1. The molecule has 0 amide bonds. The molecule has 2 N–H and O–H groups in total. The van der Waals surface area contributed by atoms with Gasteiger partial charge in [-0.05, 0) is 7.05 Å². The number of hydrogen-bond donors (Lipinski definition) is 2. The van der Waals surface area contributed by atoms with E-state index in [0.717, 1.165) is 30.3 Å². The van der Waals surface area contributed by atoms with Gasteiger partial charge < -0.3 is 15.1 Å². The van der Waals surface area contributed by atoms with Gasteiger partial charge in [-0.25, -0.2) is 14.6 Å². The Morgan fingerprint density at radius 1 is 1.03 bits per heavy atom. The van der Waals surface area contributed by atoms with Crippen molar-refractivity contribution in [1.82, 2.24) is 19.2 Å². The van der Waals surface area contributed by atoms with Crippen LogP contribution in [-0.2, 0) is 16.1 Å². The lowest BCUT2D eigenvalue weighted by atomic mass is 10.2. The molecule has 3 heterocycles. The molecule has 1 aliphatic heterocycles. The Balaban J connectivity index is 0.000000275. The van der Waals surface area contributed by atoms with Crippen molar-refractivity contribution in [3.05, 3.63) is 59.8 Å². The summed E-state index contributed by atoms with van der Waals surface area (Å²) < 4.78 is 2.17. The largest absolute Gasteiger partial charge is 0.478 e. The van der Waals surface area contributed by atoms with E-state index in [1.165, 1.54) is 23.5 Å². The van der Waals surface area contributed by atoms with Gasteiger partial charge in [0.05, 0.1) is 5.69 Å². The van der Waals surface area contributed by atoms with E-state index in [1.54, 1.807) is 11.3 Å². The van der Waals surface area contributed by atoms with Gasteiger partial charge >= 0.3 is 11.9 Å². The molecular weight excluding hydrogens is 404 g/mol. The zero-order valence-corrected chi connectivity index (χ0v) is 17.5. The number of imidazole rings is 1. The molecule has 30 heavy (non-hydrogen) atoms. The number of rotatable bonds is 5. The summed E-state index contributed by atoms with van der Waals surface area (Å²) >= 11 is 1.80. The van der Waals surface area contributed by atoms with Crippen LogP contribution >= 0.6 is 11.3 Å². The topological polar surface area (TPSA) is 98.4 Å². The molecule has 0 unspecified atom stereocenters. The van der Waals surface area contributed by atoms with Gasteiger partial charge in [0.2, 0.25) is 0 Å². The average Bonchev–Trinajstić information content (AvgIpc) is 3.28. The zero-order chi connectivity index (χ0) is 21.5. The van der Waals surface area contributed by atoms with E-state index < -0.39 is 11.9 Å². The van der Waals surface area contributed by atoms with Crippen molar-refractivity contribution in [3.8, 4) is 11.3 Å². The van der Waals surface area contributed by atoms with Crippen molar-refractivity contribution in [2.24, 2.45) is 0 Å². The molecule has 4 rings (SSSR count). The van der Waals surface area contributed by atoms with Gasteiger partial charge in [-0.15, -0.1) is 0 Å². The highest BCUT2D eigenvalue weighted by molar-refractivity contribution is 7.17. The summed E-state index contributed by atoms with van der Waals surface area (Å²) in [5, 5.41) is 15.6. The fourth-order valence-corrected chi connectivity index (χ4v) is 4.04. The Hall–Kier alpha value is -3.01. The first-order valence-corrected chi connectivity index (χ1v) is 10.3. The van der Waals surface area contributed by atoms with Gasteiger partial charge in [-0.1, -0.05) is 41.7 Å². The SMILES string of the molecule is CN1CCN(Cc2cn3cc(-c4ccccc4)nc3s2)CC1.O=C(O)/C=C\C(=O)O. The quantitative estimate of drug-likeness (QED) is 0.603. The van der Waals surface area contributed by atoms with E-state index in [0.29, 0.717) is 12.2 Å². The van der Waals surface area contributed by atoms with Crippen LogP contribution in [0.1, 0.15) is 4.88 Å². The Labute approximate surface area is 178 Å². The fourth-order valence-electron chi connectivity index (χ4n) is 3.03. The number of likely N-dealkylation sites (N-methyl/N-ethyl adjacent to an activating group) is 1. The predicted molar refractivity (Wildman–Crippen MR) is 116 cm³/mol. The number of carbonyl (C=O) groups is 2. The Kier molecular flexibility index (Phi) is 7.34. The Morgan fingerprint density at radius 3 is 2.23 bits per heavy atom. The predicted octanol–water partition coefficient (Wildman–Crippen LogP) is 2.52. The number of benzene rings is 1. The zero-order valence-electron chi connectivity index (χ0n) is 16.6. The summed E-state index contributed by atoms with van der Waals surface area (Å²) in [5.74, 6) is -2.51. The molecule has 9 heteroatoms. The highest BCUT2D eigenvalue weighted by atomic mass is 32.1. The molecular formula is C21H24N4O4S. The van der Waals surface area contributed by atoms with Crippen molar-refractivity contribution in [1.29, 1.82) is 0 Å². The van der Waals surface area contributed by atoms with Crippen LogP contribution in [-0.4, -0.2) is 74.6 Å².